The summed E-state index contributed by atoms with van der Waals surface area (Å²) in [5, 5.41) is 3.21. The first-order chi connectivity index (χ1) is 12.1. The van der Waals surface area contributed by atoms with E-state index >= 15 is 0 Å². The Labute approximate surface area is 155 Å². The van der Waals surface area contributed by atoms with Gasteiger partial charge in [0, 0.05) is 42.1 Å². The van der Waals surface area contributed by atoms with Crippen LogP contribution in [-0.4, -0.2) is 59.6 Å². The van der Waals surface area contributed by atoms with Crippen molar-refractivity contribution >= 4 is 34.9 Å². The van der Waals surface area contributed by atoms with E-state index in [0.717, 1.165) is 10.6 Å². The molecule has 25 heavy (non-hydrogen) atoms. The molecule has 132 valence electrons. The average Bonchev–Trinajstić information content (AvgIpc) is 3.12. The molecule has 0 spiro atoms. The second-order valence-electron chi connectivity index (χ2n) is 5.52. The average molecular weight is 380 g/mol. The van der Waals surface area contributed by atoms with Crippen molar-refractivity contribution in [2.45, 2.75) is 6.92 Å². The summed E-state index contributed by atoms with van der Waals surface area (Å²) in [4.78, 5) is 32.1. The Hall–Kier alpha value is -2.12. The Morgan fingerprint density at radius 1 is 1.16 bits per heavy atom. The molecule has 1 aromatic carbocycles. The predicted molar refractivity (Wildman–Crippen MR) is 97.1 cm³/mol. The first-order valence-corrected chi connectivity index (χ1v) is 9.26. The Morgan fingerprint density at radius 3 is 2.44 bits per heavy atom. The molecule has 3 rings (SSSR count). The molecule has 1 fully saturated rings. The normalized spacial score (nSPS) is 14.5. The van der Waals surface area contributed by atoms with Crippen molar-refractivity contribution < 1.29 is 14.3 Å². The van der Waals surface area contributed by atoms with Gasteiger partial charge in [0.05, 0.1) is 6.61 Å². The molecule has 2 amide bonds. The lowest BCUT2D eigenvalue weighted by atomic mass is 10.2. The van der Waals surface area contributed by atoms with Crippen LogP contribution in [0.25, 0.3) is 10.6 Å². The Kier molecular flexibility index (Phi) is 5.55. The molecular formula is C17H18ClN3O3S. The molecule has 0 unspecified atom stereocenters. The predicted octanol–water partition coefficient (Wildman–Crippen LogP) is 3.38. The van der Waals surface area contributed by atoms with E-state index in [1.54, 1.807) is 34.2 Å². The summed E-state index contributed by atoms with van der Waals surface area (Å²) >= 11 is 7.32. The van der Waals surface area contributed by atoms with Gasteiger partial charge in [0.15, 0.2) is 0 Å². The van der Waals surface area contributed by atoms with Crippen LogP contribution < -0.4 is 0 Å². The highest BCUT2D eigenvalue weighted by atomic mass is 35.5. The Morgan fingerprint density at radius 2 is 1.80 bits per heavy atom. The zero-order chi connectivity index (χ0) is 17.8. The van der Waals surface area contributed by atoms with Crippen molar-refractivity contribution in [3.05, 3.63) is 40.4 Å². The summed E-state index contributed by atoms with van der Waals surface area (Å²) < 4.78 is 4.99. The van der Waals surface area contributed by atoms with Gasteiger partial charge in [-0.25, -0.2) is 9.78 Å². The van der Waals surface area contributed by atoms with Gasteiger partial charge in [-0.15, -0.1) is 11.3 Å². The summed E-state index contributed by atoms with van der Waals surface area (Å²) in [6, 6.07) is 7.36. The summed E-state index contributed by atoms with van der Waals surface area (Å²) in [5.41, 5.74) is 1.36. The van der Waals surface area contributed by atoms with Crippen LogP contribution in [0.2, 0.25) is 5.02 Å². The number of thiazole rings is 1. The van der Waals surface area contributed by atoms with Crippen molar-refractivity contribution in [3.8, 4) is 10.6 Å². The van der Waals surface area contributed by atoms with Gasteiger partial charge in [-0.2, -0.15) is 0 Å². The number of hydrogen-bond donors (Lipinski definition) is 0. The number of aromatic nitrogens is 1. The molecule has 2 heterocycles. The number of halogens is 1. The van der Waals surface area contributed by atoms with Gasteiger partial charge in [0.1, 0.15) is 10.7 Å². The van der Waals surface area contributed by atoms with Gasteiger partial charge in [0.25, 0.3) is 5.91 Å². The van der Waals surface area contributed by atoms with Crippen molar-refractivity contribution in [1.29, 1.82) is 0 Å². The standard InChI is InChI=1S/C17H18ClN3O3S/c1-2-24-17(23)21-9-7-20(8-10-21)16(22)14-11-25-15(19-14)12-3-5-13(18)6-4-12/h3-6,11H,2,7-10H2,1H3. The second-order valence-corrected chi connectivity index (χ2v) is 6.82. The van der Waals surface area contributed by atoms with Gasteiger partial charge in [-0.05, 0) is 19.1 Å². The molecule has 0 N–H and O–H groups in total. The van der Waals surface area contributed by atoms with E-state index in [2.05, 4.69) is 4.98 Å². The second kappa shape index (κ2) is 7.84. The lowest BCUT2D eigenvalue weighted by Gasteiger charge is -2.33. The van der Waals surface area contributed by atoms with Crippen LogP contribution in [0.1, 0.15) is 17.4 Å². The molecule has 0 atom stereocenters. The smallest absolute Gasteiger partial charge is 0.409 e. The van der Waals surface area contributed by atoms with Gasteiger partial charge in [-0.3, -0.25) is 4.79 Å². The van der Waals surface area contributed by atoms with E-state index in [4.69, 9.17) is 16.3 Å². The van der Waals surface area contributed by atoms with Gasteiger partial charge in [0.2, 0.25) is 0 Å². The highest BCUT2D eigenvalue weighted by molar-refractivity contribution is 7.13. The quantitative estimate of drug-likeness (QED) is 0.820. The number of carbonyl (C=O) groups is 2. The maximum atomic E-state index is 12.6. The first-order valence-electron chi connectivity index (χ1n) is 8.01. The number of nitrogens with zero attached hydrogens (tertiary/aromatic N) is 3. The minimum Gasteiger partial charge on any atom is -0.450 e. The SMILES string of the molecule is CCOC(=O)N1CCN(C(=O)c2csc(-c3ccc(Cl)cc3)n2)CC1. The summed E-state index contributed by atoms with van der Waals surface area (Å²) in [6.07, 6.45) is -0.326. The molecule has 8 heteroatoms. The molecule has 6 nitrogen and oxygen atoms in total. The molecule has 1 saturated heterocycles. The molecule has 0 aliphatic carbocycles. The maximum Gasteiger partial charge on any atom is 0.409 e. The minimum absolute atomic E-state index is 0.111. The fourth-order valence-corrected chi connectivity index (χ4v) is 3.49. The number of rotatable bonds is 3. The fraction of sp³-hybridized carbons (Fsp3) is 0.353. The van der Waals surface area contributed by atoms with E-state index in [0.29, 0.717) is 43.5 Å². The largest absolute Gasteiger partial charge is 0.450 e. The molecule has 0 bridgehead atoms. The monoisotopic (exact) mass is 379 g/mol. The third-order valence-corrected chi connectivity index (χ3v) is 5.05. The third-order valence-electron chi connectivity index (χ3n) is 3.91. The first kappa shape index (κ1) is 17.7. The van der Waals surface area contributed by atoms with Crippen LogP contribution in [0.3, 0.4) is 0 Å². The number of piperazine rings is 1. The van der Waals surface area contributed by atoms with E-state index in [1.165, 1.54) is 11.3 Å². The van der Waals surface area contributed by atoms with Crippen LogP contribution in [0.15, 0.2) is 29.6 Å². The topological polar surface area (TPSA) is 62.7 Å². The Bertz CT molecular complexity index is 755. The molecule has 0 radical (unpaired) electrons. The third kappa shape index (κ3) is 4.11. The van der Waals surface area contributed by atoms with Crippen LogP contribution in [0.4, 0.5) is 4.79 Å². The van der Waals surface area contributed by atoms with Crippen molar-refractivity contribution in [2.24, 2.45) is 0 Å². The zero-order valence-corrected chi connectivity index (χ0v) is 15.3. The summed E-state index contributed by atoms with van der Waals surface area (Å²) in [5.74, 6) is -0.111. The van der Waals surface area contributed by atoms with Gasteiger partial charge in [-0.1, -0.05) is 23.7 Å². The van der Waals surface area contributed by atoms with Gasteiger partial charge >= 0.3 is 6.09 Å². The molecule has 1 aliphatic heterocycles. The minimum atomic E-state index is -0.326. The number of benzene rings is 1. The highest BCUT2D eigenvalue weighted by Gasteiger charge is 2.26. The number of carbonyl (C=O) groups excluding carboxylic acids is 2. The Balaban J connectivity index is 1.63. The zero-order valence-electron chi connectivity index (χ0n) is 13.8. The van der Waals surface area contributed by atoms with Crippen molar-refractivity contribution in [2.75, 3.05) is 32.8 Å². The van der Waals surface area contributed by atoms with Crippen molar-refractivity contribution in [3.63, 3.8) is 0 Å². The summed E-state index contributed by atoms with van der Waals surface area (Å²) in [6.45, 7) is 4.02. The highest BCUT2D eigenvalue weighted by Crippen LogP contribution is 2.25. The van der Waals surface area contributed by atoms with E-state index in [9.17, 15) is 9.59 Å². The van der Waals surface area contributed by atoms with E-state index < -0.39 is 0 Å². The van der Waals surface area contributed by atoms with Crippen LogP contribution in [0, 0.1) is 0 Å². The molecule has 1 aromatic heterocycles. The molecule has 0 saturated carbocycles. The van der Waals surface area contributed by atoms with Crippen LogP contribution in [-0.2, 0) is 4.74 Å². The maximum absolute atomic E-state index is 12.6. The number of amides is 2. The van der Waals surface area contributed by atoms with E-state index in [-0.39, 0.29) is 12.0 Å². The lowest BCUT2D eigenvalue weighted by molar-refractivity contribution is 0.0566. The lowest BCUT2D eigenvalue weighted by Crippen LogP contribution is -2.50. The molecule has 1 aliphatic rings. The number of hydrogen-bond acceptors (Lipinski definition) is 5. The molecular weight excluding hydrogens is 362 g/mol. The number of ether oxygens (including phenoxy) is 1. The van der Waals surface area contributed by atoms with E-state index in [1.807, 2.05) is 12.1 Å². The van der Waals surface area contributed by atoms with Gasteiger partial charge < -0.3 is 14.5 Å². The van der Waals surface area contributed by atoms with Crippen LogP contribution >= 0.6 is 22.9 Å². The fourth-order valence-electron chi connectivity index (χ4n) is 2.57. The van der Waals surface area contributed by atoms with Crippen molar-refractivity contribution in [1.82, 2.24) is 14.8 Å². The summed E-state index contributed by atoms with van der Waals surface area (Å²) in [7, 11) is 0. The van der Waals surface area contributed by atoms with Crippen LogP contribution in [0.5, 0.6) is 0 Å². The molecule has 2 aromatic rings.